The van der Waals surface area contributed by atoms with E-state index in [1.54, 1.807) is 0 Å². The maximum absolute atomic E-state index is 11.1. The average Bonchev–Trinajstić information content (AvgIpc) is 2.50. The smallest absolute Gasteiger partial charge is 0.304 e. The monoisotopic (exact) mass is 306 g/mol. The zero-order valence-electron chi connectivity index (χ0n) is 12.6. The van der Waals surface area contributed by atoms with E-state index in [1.165, 1.54) is 0 Å². The first-order valence-corrected chi connectivity index (χ1v) is 7.80. The van der Waals surface area contributed by atoms with Crippen molar-refractivity contribution in [1.29, 1.82) is 0 Å². The molecule has 0 saturated carbocycles. The third-order valence-electron chi connectivity index (χ3n) is 4.36. The molecule has 2 aliphatic rings. The third-order valence-corrected chi connectivity index (χ3v) is 4.36. The molecule has 5 heteroatoms. The topological polar surface area (TPSA) is 65.0 Å². The minimum absolute atomic E-state index is 0.100. The molecule has 1 aromatic rings. The first-order chi connectivity index (χ1) is 10.7. The molecule has 0 bridgehead atoms. The molecule has 1 aromatic carbocycles. The molecule has 1 atom stereocenters. The summed E-state index contributed by atoms with van der Waals surface area (Å²) >= 11 is 0. The Hall–Kier alpha value is -1.43. The van der Waals surface area contributed by atoms with Gasteiger partial charge in [0.15, 0.2) is 6.29 Å². The van der Waals surface area contributed by atoms with Crippen LogP contribution in [0, 0.1) is 0 Å². The van der Waals surface area contributed by atoms with Crippen LogP contribution in [0.3, 0.4) is 0 Å². The Morgan fingerprint density at radius 2 is 2.23 bits per heavy atom. The summed E-state index contributed by atoms with van der Waals surface area (Å²) in [5, 5.41) is 9.12. The van der Waals surface area contributed by atoms with E-state index in [2.05, 4.69) is 0 Å². The molecule has 3 rings (SSSR count). The first kappa shape index (κ1) is 15.5. The molecular formula is C17H22O5. The van der Waals surface area contributed by atoms with Crippen molar-refractivity contribution in [2.75, 3.05) is 19.8 Å². The summed E-state index contributed by atoms with van der Waals surface area (Å²) in [5.74, 6) is -0.791. The summed E-state index contributed by atoms with van der Waals surface area (Å²) < 4.78 is 16.6. The van der Waals surface area contributed by atoms with Crippen LogP contribution in [0.5, 0.6) is 0 Å². The van der Waals surface area contributed by atoms with E-state index in [0.29, 0.717) is 19.8 Å². The third kappa shape index (κ3) is 3.48. The van der Waals surface area contributed by atoms with E-state index < -0.39 is 5.97 Å². The maximum Gasteiger partial charge on any atom is 0.304 e. The average molecular weight is 306 g/mol. The highest BCUT2D eigenvalue weighted by Crippen LogP contribution is 2.36. The first-order valence-electron chi connectivity index (χ1n) is 7.80. The lowest BCUT2D eigenvalue weighted by atomic mass is 9.75. The largest absolute Gasteiger partial charge is 0.481 e. The van der Waals surface area contributed by atoms with Crippen LogP contribution in [0.2, 0.25) is 0 Å². The van der Waals surface area contributed by atoms with Crippen LogP contribution in [0.1, 0.15) is 36.8 Å². The molecule has 2 aliphatic heterocycles. The standard InChI is InChI=1S/C17H22O5/c18-15(19)9-17(11-20-12-17)14-5-3-4-13(8-14)10-22-16-6-1-2-7-21-16/h3-5,8,16H,1-2,6-7,9-12H2,(H,18,19). The van der Waals surface area contributed by atoms with E-state index >= 15 is 0 Å². The molecule has 2 saturated heterocycles. The minimum atomic E-state index is -0.791. The van der Waals surface area contributed by atoms with Gasteiger partial charge in [0, 0.05) is 6.61 Å². The van der Waals surface area contributed by atoms with Crippen molar-refractivity contribution in [1.82, 2.24) is 0 Å². The predicted octanol–water partition coefficient (Wildman–Crippen LogP) is 2.47. The normalized spacial score (nSPS) is 23.7. The van der Waals surface area contributed by atoms with Crippen LogP contribution in [0.25, 0.3) is 0 Å². The lowest BCUT2D eigenvalue weighted by molar-refractivity contribution is -0.168. The van der Waals surface area contributed by atoms with Gasteiger partial charge in [-0.3, -0.25) is 4.79 Å². The van der Waals surface area contributed by atoms with Gasteiger partial charge in [-0.1, -0.05) is 24.3 Å². The molecule has 5 nitrogen and oxygen atoms in total. The number of carbonyl (C=O) groups is 1. The zero-order valence-corrected chi connectivity index (χ0v) is 12.6. The summed E-state index contributed by atoms with van der Waals surface area (Å²) in [7, 11) is 0. The van der Waals surface area contributed by atoms with E-state index in [1.807, 2.05) is 24.3 Å². The van der Waals surface area contributed by atoms with Gasteiger partial charge in [-0.2, -0.15) is 0 Å². The number of aliphatic carboxylic acids is 1. The fourth-order valence-corrected chi connectivity index (χ4v) is 3.03. The van der Waals surface area contributed by atoms with Gasteiger partial charge in [0.05, 0.1) is 31.7 Å². The molecule has 120 valence electrons. The Morgan fingerprint density at radius 3 is 2.86 bits per heavy atom. The van der Waals surface area contributed by atoms with Crippen molar-refractivity contribution in [3.63, 3.8) is 0 Å². The van der Waals surface area contributed by atoms with Crippen LogP contribution >= 0.6 is 0 Å². The van der Waals surface area contributed by atoms with Crippen LogP contribution in [-0.2, 0) is 31.0 Å². The molecule has 1 unspecified atom stereocenters. The number of rotatable bonds is 6. The number of hydrogen-bond donors (Lipinski definition) is 1. The molecule has 22 heavy (non-hydrogen) atoms. The van der Waals surface area contributed by atoms with Gasteiger partial charge in [-0.15, -0.1) is 0 Å². The zero-order chi connectivity index (χ0) is 15.4. The molecule has 2 fully saturated rings. The lowest BCUT2D eigenvalue weighted by Crippen LogP contribution is -2.48. The summed E-state index contributed by atoms with van der Waals surface area (Å²) in [6.45, 7) is 2.19. The Kier molecular flexibility index (Phi) is 4.76. The van der Waals surface area contributed by atoms with Crippen molar-refractivity contribution >= 4 is 5.97 Å². The highest BCUT2D eigenvalue weighted by molar-refractivity contribution is 5.69. The highest BCUT2D eigenvalue weighted by atomic mass is 16.7. The van der Waals surface area contributed by atoms with Gasteiger partial charge in [0.25, 0.3) is 0 Å². The molecular weight excluding hydrogens is 284 g/mol. The quantitative estimate of drug-likeness (QED) is 0.874. The van der Waals surface area contributed by atoms with E-state index in [4.69, 9.17) is 19.3 Å². The molecule has 0 aliphatic carbocycles. The van der Waals surface area contributed by atoms with Crippen molar-refractivity contribution in [2.45, 2.75) is 44.0 Å². The van der Waals surface area contributed by atoms with Crippen molar-refractivity contribution < 1.29 is 24.1 Å². The minimum Gasteiger partial charge on any atom is -0.481 e. The molecule has 2 heterocycles. The van der Waals surface area contributed by atoms with Crippen LogP contribution in [0.15, 0.2) is 24.3 Å². The molecule has 0 radical (unpaired) electrons. The SMILES string of the molecule is O=C(O)CC1(c2cccc(COC3CCCCO3)c2)COC1. The van der Waals surface area contributed by atoms with E-state index in [-0.39, 0.29) is 18.1 Å². The second kappa shape index (κ2) is 6.77. The lowest BCUT2D eigenvalue weighted by Gasteiger charge is -2.41. The number of hydrogen-bond acceptors (Lipinski definition) is 4. The number of ether oxygens (including phenoxy) is 3. The van der Waals surface area contributed by atoms with Gasteiger partial charge in [0.1, 0.15) is 0 Å². The summed E-state index contributed by atoms with van der Waals surface area (Å²) in [4.78, 5) is 11.1. The van der Waals surface area contributed by atoms with Crippen LogP contribution in [-0.4, -0.2) is 37.2 Å². The fraction of sp³-hybridized carbons (Fsp3) is 0.588. The van der Waals surface area contributed by atoms with Crippen molar-refractivity contribution in [3.8, 4) is 0 Å². The van der Waals surface area contributed by atoms with Gasteiger partial charge in [-0.25, -0.2) is 0 Å². The van der Waals surface area contributed by atoms with Gasteiger partial charge in [-0.05, 0) is 30.4 Å². The Bertz CT molecular complexity index is 518. The number of carboxylic acids is 1. The van der Waals surface area contributed by atoms with Gasteiger partial charge < -0.3 is 19.3 Å². The summed E-state index contributed by atoms with van der Waals surface area (Å²) in [5.41, 5.74) is 1.68. The second-order valence-corrected chi connectivity index (χ2v) is 6.15. The number of benzene rings is 1. The van der Waals surface area contributed by atoms with Crippen LogP contribution in [0.4, 0.5) is 0 Å². The predicted molar refractivity (Wildman–Crippen MR) is 79.6 cm³/mol. The van der Waals surface area contributed by atoms with Crippen molar-refractivity contribution in [3.05, 3.63) is 35.4 Å². The highest BCUT2D eigenvalue weighted by Gasteiger charge is 2.42. The van der Waals surface area contributed by atoms with E-state index in [0.717, 1.165) is 37.0 Å². The number of carboxylic acid groups (broad SMARTS) is 1. The van der Waals surface area contributed by atoms with Crippen molar-refractivity contribution in [2.24, 2.45) is 0 Å². The van der Waals surface area contributed by atoms with Gasteiger partial charge >= 0.3 is 5.97 Å². The van der Waals surface area contributed by atoms with Crippen LogP contribution < -0.4 is 0 Å². The van der Waals surface area contributed by atoms with Gasteiger partial charge in [0.2, 0.25) is 0 Å². The van der Waals surface area contributed by atoms with E-state index in [9.17, 15) is 4.79 Å². The fourth-order valence-electron chi connectivity index (χ4n) is 3.03. The molecule has 0 aromatic heterocycles. The summed E-state index contributed by atoms with van der Waals surface area (Å²) in [6.07, 6.45) is 3.17. The molecule has 1 N–H and O–H groups in total. The Balaban J connectivity index is 1.65. The second-order valence-electron chi connectivity index (χ2n) is 6.15. The summed E-state index contributed by atoms with van der Waals surface area (Å²) in [6, 6.07) is 7.97. The molecule has 0 amide bonds. The molecule has 0 spiro atoms. The Morgan fingerprint density at radius 1 is 1.36 bits per heavy atom. The maximum atomic E-state index is 11.1. The Labute approximate surface area is 130 Å².